The Kier molecular flexibility index (Phi) is 5.30. The molecule has 1 aromatic heterocycles. The molecule has 6 nitrogen and oxygen atoms in total. The molecule has 1 rings (SSSR count). The minimum absolute atomic E-state index is 0.0853. The van der Waals surface area contributed by atoms with Gasteiger partial charge in [0, 0.05) is 12.6 Å². The quantitative estimate of drug-likeness (QED) is 0.779. The van der Waals surface area contributed by atoms with Crippen LogP contribution in [0.2, 0.25) is 0 Å². The van der Waals surface area contributed by atoms with Gasteiger partial charge in [0.15, 0.2) is 5.03 Å². The van der Waals surface area contributed by atoms with Gasteiger partial charge in [0.25, 0.3) is 10.0 Å². The number of hydrogen-bond donors (Lipinski definition) is 2. The van der Waals surface area contributed by atoms with Gasteiger partial charge in [-0.25, -0.2) is 18.1 Å². The molecule has 0 saturated heterocycles. The molecule has 1 atom stereocenters. The highest BCUT2D eigenvalue weighted by atomic mass is 32.2. The summed E-state index contributed by atoms with van der Waals surface area (Å²) in [5.74, 6) is 0.719. The number of sulfonamides is 1. The number of aromatic amines is 1. The van der Waals surface area contributed by atoms with Crippen LogP contribution in [0.4, 0.5) is 0 Å². The average molecular weight is 275 g/mol. The Morgan fingerprint density at radius 2 is 2.17 bits per heavy atom. The second-order valence-electron chi connectivity index (χ2n) is 4.46. The minimum Gasteiger partial charge on any atom is -0.380 e. The van der Waals surface area contributed by atoms with Crippen molar-refractivity contribution in [1.82, 2.24) is 14.7 Å². The zero-order valence-corrected chi connectivity index (χ0v) is 12.0. The van der Waals surface area contributed by atoms with Crippen LogP contribution in [0, 0.1) is 12.8 Å². The second kappa shape index (κ2) is 6.31. The van der Waals surface area contributed by atoms with Gasteiger partial charge < -0.3 is 9.72 Å². The van der Waals surface area contributed by atoms with E-state index in [1.807, 2.05) is 20.8 Å². The van der Waals surface area contributed by atoms with Crippen molar-refractivity contribution in [3.63, 3.8) is 0 Å². The number of imidazole rings is 1. The molecule has 0 aromatic carbocycles. The summed E-state index contributed by atoms with van der Waals surface area (Å²) in [6, 6.07) is -0.251. The van der Waals surface area contributed by atoms with Crippen LogP contribution in [0.1, 0.15) is 26.6 Å². The summed E-state index contributed by atoms with van der Waals surface area (Å²) < 4.78 is 32.1. The lowest BCUT2D eigenvalue weighted by atomic mass is 10.1. The van der Waals surface area contributed by atoms with Gasteiger partial charge in [-0.05, 0) is 19.8 Å². The Hall–Kier alpha value is -0.920. The fraction of sp³-hybridized carbons (Fsp3) is 0.727. The molecule has 0 spiro atoms. The largest absolute Gasteiger partial charge is 0.380 e. The van der Waals surface area contributed by atoms with E-state index >= 15 is 0 Å². The van der Waals surface area contributed by atoms with Gasteiger partial charge in [0.05, 0.1) is 12.8 Å². The Bertz CT molecular complexity index is 468. The summed E-state index contributed by atoms with van der Waals surface area (Å²) in [5, 5.41) is 0.0853. The molecule has 0 bridgehead atoms. The number of H-pyrrole nitrogens is 1. The van der Waals surface area contributed by atoms with E-state index in [-0.39, 0.29) is 17.0 Å². The van der Waals surface area contributed by atoms with E-state index in [1.165, 1.54) is 6.20 Å². The highest BCUT2D eigenvalue weighted by Gasteiger charge is 2.23. The van der Waals surface area contributed by atoms with Gasteiger partial charge in [0.2, 0.25) is 0 Å². The van der Waals surface area contributed by atoms with Crippen molar-refractivity contribution in [1.29, 1.82) is 0 Å². The van der Waals surface area contributed by atoms with Crippen LogP contribution in [-0.2, 0) is 14.8 Å². The highest BCUT2D eigenvalue weighted by Crippen LogP contribution is 2.10. The number of rotatable bonds is 7. The maximum Gasteiger partial charge on any atom is 0.257 e. The molecule has 0 amide bonds. The van der Waals surface area contributed by atoms with Crippen LogP contribution < -0.4 is 4.72 Å². The number of aromatic nitrogens is 2. The Labute approximate surface area is 108 Å². The Morgan fingerprint density at radius 1 is 1.50 bits per heavy atom. The summed E-state index contributed by atoms with van der Waals surface area (Å²) >= 11 is 0. The topological polar surface area (TPSA) is 84.1 Å². The third kappa shape index (κ3) is 4.08. The third-order valence-electron chi connectivity index (χ3n) is 2.58. The number of aryl methyl sites for hydroxylation is 1. The summed E-state index contributed by atoms with van der Waals surface area (Å²) in [7, 11) is -3.56. The lowest BCUT2D eigenvalue weighted by Crippen LogP contribution is -2.41. The first-order chi connectivity index (χ1) is 8.36. The molecular weight excluding hydrogens is 254 g/mol. The zero-order chi connectivity index (χ0) is 13.8. The van der Waals surface area contributed by atoms with Crippen LogP contribution in [0.25, 0.3) is 0 Å². The van der Waals surface area contributed by atoms with E-state index in [0.29, 0.717) is 19.0 Å². The van der Waals surface area contributed by atoms with Gasteiger partial charge >= 0.3 is 0 Å². The highest BCUT2D eigenvalue weighted by molar-refractivity contribution is 7.89. The molecule has 0 aliphatic heterocycles. The molecule has 0 saturated carbocycles. The molecule has 0 aliphatic carbocycles. The van der Waals surface area contributed by atoms with Gasteiger partial charge in [-0.15, -0.1) is 0 Å². The van der Waals surface area contributed by atoms with Crippen molar-refractivity contribution in [3.8, 4) is 0 Å². The van der Waals surface area contributed by atoms with E-state index < -0.39 is 10.0 Å². The van der Waals surface area contributed by atoms with Crippen molar-refractivity contribution in [2.45, 2.75) is 38.8 Å². The van der Waals surface area contributed by atoms with Crippen LogP contribution in [0.15, 0.2) is 11.2 Å². The standard InChI is InChI=1S/C11H21N3O3S/c1-5-17-7-10(8(2)3)14-18(15,16)11-6-12-9(4)13-11/h6,8,10,14H,5,7H2,1-4H3,(H,12,13). The van der Waals surface area contributed by atoms with E-state index in [4.69, 9.17) is 4.74 Å². The van der Waals surface area contributed by atoms with E-state index in [1.54, 1.807) is 6.92 Å². The molecule has 2 N–H and O–H groups in total. The predicted molar refractivity (Wildman–Crippen MR) is 68.8 cm³/mol. The van der Waals surface area contributed by atoms with E-state index in [2.05, 4.69) is 14.7 Å². The smallest absolute Gasteiger partial charge is 0.257 e. The third-order valence-corrected chi connectivity index (χ3v) is 3.98. The first-order valence-electron chi connectivity index (χ1n) is 5.98. The zero-order valence-electron chi connectivity index (χ0n) is 11.2. The van der Waals surface area contributed by atoms with Gasteiger partial charge in [-0.3, -0.25) is 0 Å². The number of nitrogens with one attached hydrogen (secondary N) is 2. The number of nitrogens with zero attached hydrogens (tertiary/aromatic N) is 1. The fourth-order valence-electron chi connectivity index (χ4n) is 1.41. The normalized spacial score (nSPS) is 14.1. The lowest BCUT2D eigenvalue weighted by molar-refractivity contribution is 0.116. The lowest BCUT2D eigenvalue weighted by Gasteiger charge is -2.21. The first kappa shape index (κ1) is 15.1. The van der Waals surface area contributed by atoms with E-state index in [0.717, 1.165) is 0 Å². The first-order valence-corrected chi connectivity index (χ1v) is 7.46. The maximum absolute atomic E-state index is 12.1. The van der Waals surface area contributed by atoms with E-state index in [9.17, 15) is 8.42 Å². The summed E-state index contributed by atoms with van der Waals surface area (Å²) in [5.41, 5.74) is 0. The van der Waals surface area contributed by atoms with Crippen LogP contribution in [0.5, 0.6) is 0 Å². The molecule has 1 unspecified atom stereocenters. The maximum atomic E-state index is 12.1. The molecule has 0 aliphatic rings. The summed E-state index contributed by atoms with van der Waals surface area (Å²) in [6.07, 6.45) is 1.32. The number of hydrogen-bond acceptors (Lipinski definition) is 4. The van der Waals surface area contributed by atoms with Gasteiger partial charge in [-0.2, -0.15) is 0 Å². The molecule has 18 heavy (non-hydrogen) atoms. The Balaban J connectivity index is 2.79. The molecule has 0 fully saturated rings. The van der Waals surface area contributed by atoms with Gasteiger partial charge in [0.1, 0.15) is 5.82 Å². The molecular formula is C11H21N3O3S. The van der Waals surface area contributed by atoms with Crippen LogP contribution in [-0.4, -0.2) is 37.6 Å². The second-order valence-corrected chi connectivity index (χ2v) is 6.15. The van der Waals surface area contributed by atoms with Crippen molar-refractivity contribution in [2.24, 2.45) is 5.92 Å². The minimum atomic E-state index is -3.56. The molecule has 1 aromatic rings. The molecule has 0 radical (unpaired) electrons. The molecule has 104 valence electrons. The van der Waals surface area contributed by atoms with Crippen LogP contribution >= 0.6 is 0 Å². The van der Waals surface area contributed by atoms with Crippen LogP contribution in [0.3, 0.4) is 0 Å². The van der Waals surface area contributed by atoms with Gasteiger partial charge in [-0.1, -0.05) is 13.8 Å². The molecule has 7 heteroatoms. The summed E-state index contributed by atoms with van der Waals surface area (Å²) in [4.78, 5) is 6.61. The monoisotopic (exact) mass is 275 g/mol. The molecule has 1 heterocycles. The van der Waals surface area contributed by atoms with Crippen molar-refractivity contribution in [3.05, 3.63) is 12.0 Å². The van der Waals surface area contributed by atoms with Crippen molar-refractivity contribution < 1.29 is 13.2 Å². The van der Waals surface area contributed by atoms with Crippen molar-refractivity contribution >= 4 is 10.0 Å². The number of ether oxygens (including phenoxy) is 1. The SMILES string of the molecule is CCOCC(NS(=O)(=O)c1cnc(C)[nH]1)C(C)C. The fourth-order valence-corrected chi connectivity index (χ4v) is 2.74. The predicted octanol–water partition coefficient (Wildman–Crippen LogP) is 1.06. The summed E-state index contributed by atoms with van der Waals surface area (Å²) in [6.45, 7) is 8.41. The van der Waals surface area contributed by atoms with Crippen molar-refractivity contribution in [2.75, 3.05) is 13.2 Å². The Morgan fingerprint density at radius 3 is 2.61 bits per heavy atom. The average Bonchev–Trinajstić information content (AvgIpc) is 2.71.